The zero-order valence-electron chi connectivity index (χ0n) is 19.3. The molecule has 1 N–H and O–H groups in total. The molecule has 1 aliphatic carbocycles. The molecule has 1 aromatic carbocycles. The molecule has 1 saturated carbocycles. The van der Waals surface area contributed by atoms with E-state index in [2.05, 4.69) is 19.2 Å². The molecule has 1 fully saturated rings. The van der Waals surface area contributed by atoms with Gasteiger partial charge < -0.3 is 19.2 Å². The van der Waals surface area contributed by atoms with Crippen LogP contribution in [0.15, 0.2) is 47.1 Å². The molecule has 7 heteroatoms. The van der Waals surface area contributed by atoms with Crippen molar-refractivity contribution in [3.8, 4) is 0 Å². The molecule has 3 heterocycles. The van der Waals surface area contributed by atoms with Crippen molar-refractivity contribution in [3.63, 3.8) is 0 Å². The SMILES string of the molecule is C[C@@H]1[C@H](C)CCC[C@@H]1NC(=O)[C@@]1(C)Cn2c(cc3occc32)C(=O)N1Cc1cccc(F)c1. The van der Waals surface area contributed by atoms with E-state index in [4.69, 9.17) is 4.42 Å². The van der Waals surface area contributed by atoms with E-state index in [1.54, 1.807) is 29.4 Å². The molecule has 33 heavy (non-hydrogen) atoms. The predicted octanol–water partition coefficient (Wildman–Crippen LogP) is 4.73. The Morgan fingerprint density at radius 3 is 2.85 bits per heavy atom. The molecule has 0 bridgehead atoms. The van der Waals surface area contributed by atoms with Crippen LogP contribution in [-0.4, -0.2) is 32.9 Å². The molecule has 0 saturated heterocycles. The van der Waals surface area contributed by atoms with E-state index >= 15 is 0 Å². The van der Waals surface area contributed by atoms with Crippen molar-refractivity contribution in [3.05, 3.63) is 59.7 Å². The summed E-state index contributed by atoms with van der Waals surface area (Å²) in [5, 5.41) is 3.28. The Balaban J connectivity index is 1.53. The highest BCUT2D eigenvalue weighted by atomic mass is 19.1. The van der Waals surface area contributed by atoms with Crippen LogP contribution >= 0.6 is 0 Å². The fraction of sp³-hybridized carbons (Fsp3) is 0.462. The summed E-state index contributed by atoms with van der Waals surface area (Å²) in [4.78, 5) is 29.1. The van der Waals surface area contributed by atoms with Crippen molar-refractivity contribution in [2.45, 2.75) is 64.7 Å². The van der Waals surface area contributed by atoms with E-state index in [0.717, 1.165) is 18.4 Å². The summed E-state index contributed by atoms with van der Waals surface area (Å²) < 4.78 is 21.3. The van der Waals surface area contributed by atoms with E-state index in [0.29, 0.717) is 35.2 Å². The van der Waals surface area contributed by atoms with Crippen LogP contribution in [0.3, 0.4) is 0 Å². The summed E-state index contributed by atoms with van der Waals surface area (Å²) in [6.45, 7) is 6.67. The van der Waals surface area contributed by atoms with Crippen molar-refractivity contribution >= 4 is 22.9 Å². The number of amides is 2. The average Bonchev–Trinajstić information content (AvgIpc) is 3.37. The van der Waals surface area contributed by atoms with Crippen molar-refractivity contribution in [2.75, 3.05) is 0 Å². The van der Waals surface area contributed by atoms with Gasteiger partial charge in [0.2, 0.25) is 5.91 Å². The summed E-state index contributed by atoms with van der Waals surface area (Å²) in [7, 11) is 0. The lowest BCUT2D eigenvalue weighted by Crippen LogP contribution is -2.65. The highest BCUT2D eigenvalue weighted by Crippen LogP contribution is 2.35. The Labute approximate surface area is 192 Å². The Kier molecular flexibility index (Phi) is 5.30. The van der Waals surface area contributed by atoms with Crippen LogP contribution in [-0.2, 0) is 17.9 Å². The topological polar surface area (TPSA) is 67.5 Å². The molecular formula is C26H30FN3O3. The first-order chi connectivity index (χ1) is 15.8. The molecule has 1 aliphatic heterocycles. The van der Waals surface area contributed by atoms with Gasteiger partial charge in [0.15, 0.2) is 5.58 Å². The molecule has 2 aliphatic rings. The molecule has 3 aromatic rings. The fourth-order valence-corrected chi connectivity index (χ4v) is 5.45. The lowest BCUT2D eigenvalue weighted by Gasteiger charge is -2.45. The van der Waals surface area contributed by atoms with Crippen LogP contribution in [0.25, 0.3) is 11.1 Å². The van der Waals surface area contributed by atoms with Gasteiger partial charge in [0.1, 0.15) is 17.1 Å². The second kappa shape index (κ2) is 8.04. The second-order valence-corrected chi connectivity index (χ2v) is 9.93. The van der Waals surface area contributed by atoms with Gasteiger partial charge in [-0.05, 0) is 42.9 Å². The zero-order chi connectivity index (χ0) is 23.3. The van der Waals surface area contributed by atoms with E-state index in [1.807, 2.05) is 17.6 Å². The smallest absolute Gasteiger partial charge is 0.271 e. The number of carbonyl (C=O) groups excluding carboxylic acids is 2. The third-order valence-corrected chi connectivity index (χ3v) is 7.79. The number of aromatic nitrogens is 1. The molecule has 4 atom stereocenters. The Bertz CT molecular complexity index is 1210. The minimum Gasteiger partial charge on any atom is -0.463 e. The lowest BCUT2D eigenvalue weighted by atomic mass is 9.77. The quantitative estimate of drug-likeness (QED) is 0.624. The monoisotopic (exact) mass is 451 g/mol. The summed E-state index contributed by atoms with van der Waals surface area (Å²) in [5.74, 6) is 0.0997. The number of furan rings is 1. The van der Waals surface area contributed by atoms with Crippen LogP contribution in [0.4, 0.5) is 4.39 Å². The molecule has 0 spiro atoms. The van der Waals surface area contributed by atoms with Crippen molar-refractivity contribution < 1.29 is 18.4 Å². The van der Waals surface area contributed by atoms with Crippen molar-refractivity contribution in [1.82, 2.24) is 14.8 Å². The molecule has 5 rings (SSSR count). The molecule has 6 nitrogen and oxygen atoms in total. The molecule has 2 aromatic heterocycles. The van der Waals surface area contributed by atoms with Gasteiger partial charge in [0, 0.05) is 24.7 Å². The van der Waals surface area contributed by atoms with E-state index in [1.165, 1.54) is 18.6 Å². The number of hydrogen-bond acceptors (Lipinski definition) is 3. The van der Waals surface area contributed by atoms with Gasteiger partial charge in [-0.2, -0.15) is 0 Å². The molecule has 0 unspecified atom stereocenters. The summed E-state index contributed by atoms with van der Waals surface area (Å²) in [6.07, 6.45) is 4.77. The van der Waals surface area contributed by atoms with Crippen LogP contribution in [0, 0.1) is 17.7 Å². The number of benzene rings is 1. The fourth-order valence-electron chi connectivity index (χ4n) is 5.45. The number of halogens is 1. The average molecular weight is 452 g/mol. The van der Waals surface area contributed by atoms with Crippen LogP contribution in [0.2, 0.25) is 0 Å². The summed E-state index contributed by atoms with van der Waals surface area (Å²) in [5.41, 5.74) is 1.39. The van der Waals surface area contributed by atoms with Gasteiger partial charge in [-0.1, -0.05) is 38.8 Å². The largest absolute Gasteiger partial charge is 0.463 e. The lowest BCUT2D eigenvalue weighted by molar-refractivity contribution is -0.134. The van der Waals surface area contributed by atoms with E-state index in [-0.39, 0.29) is 30.2 Å². The first-order valence-corrected chi connectivity index (χ1v) is 11.7. The van der Waals surface area contributed by atoms with Gasteiger partial charge in [-0.25, -0.2) is 4.39 Å². The minimum absolute atomic E-state index is 0.0733. The number of nitrogens with zero attached hydrogens (tertiary/aromatic N) is 2. The number of nitrogens with one attached hydrogen (secondary N) is 1. The number of rotatable bonds is 4. The molecular weight excluding hydrogens is 421 g/mol. The van der Waals surface area contributed by atoms with Crippen molar-refractivity contribution in [1.29, 1.82) is 0 Å². The van der Waals surface area contributed by atoms with Crippen LogP contribution in [0.1, 0.15) is 56.1 Å². The highest BCUT2D eigenvalue weighted by molar-refractivity contribution is 6.02. The highest BCUT2D eigenvalue weighted by Gasteiger charge is 2.48. The van der Waals surface area contributed by atoms with Gasteiger partial charge >= 0.3 is 0 Å². The molecule has 0 radical (unpaired) electrons. The van der Waals surface area contributed by atoms with Crippen LogP contribution in [0.5, 0.6) is 0 Å². The summed E-state index contributed by atoms with van der Waals surface area (Å²) in [6, 6.07) is 9.80. The first-order valence-electron chi connectivity index (χ1n) is 11.7. The molecule has 174 valence electrons. The van der Waals surface area contributed by atoms with Gasteiger partial charge in [-0.15, -0.1) is 0 Å². The number of hydrogen-bond donors (Lipinski definition) is 1. The van der Waals surface area contributed by atoms with Gasteiger partial charge in [-0.3, -0.25) is 9.59 Å². The maximum absolute atomic E-state index is 13.9. The Morgan fingerprint density at radius 1 is 1.24 bits per heavy atom. The normalized spacial score (nSPS) is 27.6. The second-order valence-electron chi connectivity index (χ2n) is 9.93. The molecule has 2 amide bonds. The van der Waals surface area contributed by atoms with Gasteiger partial charge in [0.25, 0.3) is 5.91 Å². The number of carbonyl (C=O) groups is 2. The predicted molar refractivity (Wildman–Crippen MR) is 123 cm³/mol. The van der Waals surface area contributed by atoms with Gasteiger partial charge in [0.05, 0.1) is 18.3 Å². The maximum Gasteiger partial charge on any atom is 0.271 e. The first kappa shape index (κ1) is 21.7. The minimum atomic E-state index is -1.14. The maximum atomic E-state index is 13.9. The standard InChI is InChI=1S/C26H30FN3O3/c1-16-6-4-9-20(17(16)2)28-25(32)26(3)15-29-21-10-11-33-23(21)13-22(29)24(31)30(26)14-18-7-5-8-19(27)12-18/h5,7-8,10-13,16-17,20H,4,6,9,14-15H2,1-3H3,(H,28,32)/t16-,17-,20+,26-/m1/s1. The summed E-state index contributed by atoms with van der Waals surface area (Å²) >= 11 is 0. The third-order valence-electron chi connectivity index (χ3n) is 7.79. The Morgan fingerprint density at radius 2 is 2.06 bits per heavy atom. The van der Waals surface area contributed by atoms with E-state index < -0.39 is 5.54 Å². The van der Waals surface area contributed by atoms with E-state index in [9.17, 15) is 14.0 Å². The van der Waals surface area contributed by atoms with Crippen LogP contribution < -0.4 is 5.32 Å². The zero-order valence-corrected chi connectivity index (χ0v) is 19.3. The Hall–Kier alpha value is -3.09. The van der Waals surface area contributed by atoms with Crippen molar-refractivity contribution in [2.24, 2.45) is 11.8 Å². The number of fused-ring (bicyclic) bond motifs is 3. The third kappa shape index (κ3) is 3.63.